The second kappa shape index (κ2) is 6.92. The summed E-state index contributed by atoms with van der Waals surface area (Å²) in [6.07, 6.45) is 0. The van der Waals surface area contributed by atoms with Crippen molar-refractivity contribution in [2.24, 2.45) is 0 Å². The summed E-state index contributed by atoms with van der Waals surface area (Å²) in [5, 5.41) is 2.35. The van der Waals surface area contributed by atoms with Crippen LogP contribution in [0.2, 0.25) is 5.02 Å². The van der Waals surface area contributed by atoms with Crippen LogP contribution in [0.1, 0.15) is 10.4 Å². The molecular formula is C16H12ClF2NO4. The molecule has 8 heteroatoms. The monoisotopic (exact) mass is 355 g/mol. The fraction of sp³-hybridized carbons (Fsp3) is 0.188. The van der Waals surface area contributed by atoms with Crippen molar-refractivity contribution in [3.05, 3.63) is 52.6 Å². The third-order valence-electron chi connectivity index (χ3n) is 3.25. The van der Waals surface area contributed by atoms with E-state index in [1.54, 1.807) is 18.2 Å². The summed E-state index contributed by atoms with van der Waals surface area (Å²) in [6, 6.07) is 6.62. The highest BCUT2D eigenvalue weighted by atomic mass is 35.5. The van der Waals surface area contributed by atoms with E-state index in [2.05, 4.69) is 5.32 Å². The topological polar surface area (TPSA) is 56.8 Å². The molecule has 0 bridgehead atoms. The zero-order valence-electron chi connectivity index (χ0n) is 12.3. The van der Waals surface area contributed by atoms with E-state index in [1.807, 2.05) is 0 Å². The molecular weight excluding hydrogens is 344 g/mol. The molecule has 2 aromatic carbocycles. The lowest BCUT2D eigenvalue weighted by Crippen LogP contribution is -2.28. The van der Waals surface area contributed by atoms with E-state index in [0.29, 0.717) is 17.2 Å². The summed E-state index contributed by atoms with van der Waals surface area (Å²) in [5.74, 6) is -1.08. The minimum absolute atomic E-state index is 0.140. The Balaban J connectivity index is 1.51. The second-order valence-corrected chi connectivity index (χ2v) is 5.27. The van der Waals surface area contributed by atoms with Gasteiger partial charge in [-0.3, -0.25) is 4.79 Å². The molecule has 5 nitrogen and oxygen atoms in total. The smallest absolute Gasteiger partial charge is 0.253 e. The van der Waals surface area contributed by atoms with Crippen LogP contribution < -0.4 is 19.5 Å². The fourth-order valence-corrected chi connectivity index (χ4v) is 2.33. The SMILES string of the molecule is O=C(NCCOc1ccc2c(c1)OCO2)c1cc(F)c(F)cc1Cl. The summed E-state index contributed by atoms with van der Waals surface area (Å²) in [4.78, 5) is 11.9. The van der Waals surface area contributed by atoms with Gasteiger partial charge in [-0.05, 0) is 24.3 Å². The maximum absolute atomic E-state index is 13.2. The predicted octanol–water partition coefficient (Wildman–Crippen LogP) is 3.16. The Labute approximate surface area is 141 Å². The van der Waals surface area contributed by atoms with Gasteiger partial charge in [0.25, 0.3) is 5.91 Å². The number of benzene rings is 2. The Morgan fingerprint density at radius 3 is 2.75 bits per heavy atom. The van der Waals surface area contributed by atoms with Gasteiger partial charge in [0.1, 0.15) is 12.4 Å². The molecule has 1 aliphatic rings. The molecule has 1 amide bonds. The first-order valence-corrected chi connectivity index (χ1v) is 7.37. The zero-order chi connectivity index (χ0) is 17.1. The molecule has 3 rings (SSSR count). The van der Waals surface area contributed by atoms with Crippen LogP contribution in [-0.4, -0.2) is 25.9 Å². The number of ether oxygens (including phenoxy) is 3. The molecule has 0 spiro atoms. The van der Waals surface area contributed by atoms with Gasteiger partial charge in [-0.25, -0.2) is 8.78 Å². The molecule has 0 radical (unpaired) electrons. The van der Waals surface area contributed by atoms with E-state index in [1.165, 1.54) is 0 Å². The number of amides is 1. The molecule has 24 heavy (non-hydrogen) atoms. The lowest BCUT2D eigenvalue weighted by Gasteiger charge is -2.09. The van der Waals surface area contributed by atoms with E-state index >= 15 is 0 Å². The van der Waals surface area contributed by atoms with Crippen LogP contribution in [0.15, 0.2) is 30.3 Å². The van der Waals surface area contributed by atoms with Gasteiger partial charge in [0.2, 0.25) is 6.79 Å². The van der Waals surface area contributed by atoms with Crippen molar-refractivity contribution in [1.82, 2.24) is 5.32 Å². The van der Waals surface area contributed by atoms with E-state index in [0.717, 1.165) is 12.1 Å². The Bertz CT molecular complexity index is 785. The van der Waals surface area contributed by atoms with Crippen LogP contribution >= 0.6 is 11.6 Å². The average Bonchev–Trinajstić information content (AvgIpc) is 3.02. The van der Waals surface area contributed by atoms with Crippen molar-refractivity contribution in [3.63, 3.8) is 0 Å². The summed E-state index contributed by atoms with van der Waals surface area (Å²) >= 11 is 5.73. The van der Waals surface area contributed by atoms with Crippen molar-refractivity contribution in [3.8, 4) is 17.2 Å². The molecule has 0 saturated carbocycles. The summed E-state index contributed by atoms with van der Waals surface area (Å²) in [7, 11) is 0. The Morgan fingerprint density at radius 2 is 1.92 bits per heavy atom. The first kappa shape index (κ1) is 16.3. The summed E-state index contributed by atoms with van der Waals surface area (Å²) in [5.41, 5.74) is -0.140. The van der Waals surface area contributed by atoms with E-state index in [9.17, 15) is 13.6 Å². The summed E-state index contributed by atoms with van der Waals surface area (Å²) < 4.78 is 42.0. The number of hydrogen-bond acceptors (Lipinski definition) is 4. The molecule has 1 N–H and O–H groups in total. The van der Waals surface area contributed by atoms with Gasteiger partial charge >= 0.3 is 0 Å². The zero-order valence-corrected chi connectivity index (χ0v) is 13.0. The molecule has 1 heterocycles. The Hall–Kier alpha value is -2.54. The van der Waals surface area contributed by atoms with Crippen molar-refractivity contribution in [2.75, 3.05) is 19.9 Å². The molecule has 0 aromatic heterocycles. The molecule has 2 aromatic rings. The average molecular weight is 356 g/mol. The Morgan fingerprint density at radius 1 is 1.17 bits per heavy atom. The van der Waals surface area contributed by atoms with Gasteiger partial charge in [-0.15, -0.1) is 0 Å². The number of halogens is 3. The molecule has 0 unspecified atom stereocenters. The van der Waals surface area contributed by atoms with Crippen LogP contribution in [0.25, 0.3) is 0 Å². The largest absolute Gasteiger partial charge is 0.492 e. The van der Waals surface area contributed by atoms with Crippen molar-refractivity contribution >= 4 is 17.5 Å². The lowest BCUT2D eigenvalue weighted by molar-refractivity contribution is 0.0946. The van der Waals surface area contributed by atoms with E-state index in [-0.39, 0.29) is 30.5 Å². The van der Waals surface area contributed by atoms with Crippen LogP contribution in [0.5, 0.6) is 17.2 Å². The third-order valence-corrected chi connectivity index (χ3v) is 3.57. The molecule has 1 aliphatic heterocycles. The van der Waals surface area contributed by atoms with Crippen LogP contribution in [0.4, 0.5) is 8.78 Å². The number of rotatable bonds is 5. The van der Waals surface area contributed by atoms with Crippen molar-refractivity contribution < 1.29 is 27.8 Å². The van der Waals surface area contributed by atoms with Crippen LogP contribution in [0.3, 0.4) is 0 Å². The quantitative estimate of drug-likeness (QED) is 0.661. The van der Waals surface area contributed by atoms with Gasteiger partial charge < -0.3 is 19.5 Å². The maximum Gasteiger partial charge on any atom is 0.253 e. The highest BCUT2D eigenvalue weighted by molar-refractivity contribution is 6.33. The molecule has 0 atom stereocenters. The van der Waals surface area contributed by atoms with Gasteiger partial charge in [-0.2, -0.15) is 0 Å². The standard InChI is InChI=1S/C16H12ClF2NO4/c17-11-7-13(19)12(18)6-10(11)16(21)20-3-4-22-9-1-2-14-15(5-9)24-8-23-14/h1-2,5-7H,3-4,8H2,(H,20,21). The van der Waals surface area contributed by atoms with Gasteiger partial charge in [-0.1, -0.05) is 11.6 Å². The van der Waals surface area contributed by atoms with E-state index in [4.69, 9.17) is 25.8 Å². The first-order chi connectivity index (χ1) is 11.5. The lowest BCUT2D eigenvalue weighted by atomic mass is 10.2. The van der Waals surface area contributed by atoms with Gasteiger partial charge in [0.15, 0.2) is 23.1 Å². The number of carbonyl (C=O) groups excluding carboxylic acids is 1. The molecule has 0 fully saturated rings. The number of carbonyl (C=O) groups is 1. The maximum atomic E-state index is 13.2. The molecule has 126 valence electrons. The number of fused-ring (bicyclic) bond motifs is 1. The number of nitrogens with one attached hydrogen (secondary N) is 1. The van der Waals surface area contributed by atoms with Crippen molar-refractivity contribution in [2.45, 2.75) is 0 Å². The minimum Gasteiger partial charge on any atom is -0.492 e. The predicted molar refractivity (Wildman–Crippen MR) is 81.8 cm³/mol. The normalized spacial score (nSPS) is 12.1. The first-order valence-electron chi connectivity index (χ1n) is 7.00. The van der Waals surface area contributed by atoms with Crippen LogP contribution in [-0.2, 0) is 0 Å². The van der Waals surface area contributed by atoms with Crippen molar-refractivity contribution in [1.29, 1.82) is 0 Å². The van der Waals surface area contributed by atoms with Gasteiger partial charge in [0, 0.05) is 6.07 Å². The summed E-state index contributed by atoms with van der Waals surface area (Å²) in [6.45, 7) is 0.499. The highest BCUT2D eigenvalue weighted by Gasteiger charge is 2.15. The third kappa shape index (κ3) is 3.51. The molecule has 0 aliphatic carbocycles. The van der Waals surface area contributed by atoms with E-state index < -0.39 is 17.5 Å². The van der Waals surface area contributed by atoms with Gasteiger partial charge in [0.05, 0.1) is 17.1 Å². The second-order valence-electron chi connectivity index (χ2n) is 4.87. The minimum atomic E-state index is -1.14. The number of hydrogen-bond donors (Lipinski definition) is 1. The fourth-order valence-electron chi connectivity index (χ4n) is 2.09. The molecule has 0 saturated heterocycles. The Kier molecular flexibility index (Phi) is 4.71. The highest BCUT2D eigenvalue weighted by Crippen LogP contribution is 2.34. The van der Waals surface area contributed by atoms with Crippen LogP contribution in [0, 0.1) is 11.6 Å².